The van der Waals surface area contributed by atoms with Crippen molar-refractivity contribution in [1.82, 2.24) is 10.2 Å². The van der Waals surface area contributed by atoms with E-state index in [0.29, 0.717) is 12.4 Å². The summed E-state index contributed by atoms with van der Waals surface area (Å²) in [4.78, 5) is 26.3. The molecule has 0 atom stereocenters. The van der Waals surface area contributed by atoms with E-state index < -0.39 is 6.03 Å². The summed E-state index contributed by atoms with van der Waals surface area (Å²) in [6.45, 7) is 0.668. The van der Waals surface area contributed by atoms with E-state index in [9.17, 15) is 9.59 Å². The van der Waals surface area contributed by atoms with Gasteiger partial charge in [-0.15, -0.1) is 0 Å². The first kappa shape index (κ1) is 21.9. The Kier molecular flexibility index (Phi) is 6.14. The van der Waals surface area contributed by atoms with Gasteiger partial charge in [0.05, 0.1) is 11.0 Å². The Bertz CT molecular complexity index is 1420. The summed E-state index contributed by atoms with van der Waals surface area (Å²) in [5.41, 5.74) is 2.99. The number of hydrogen-bond donors (Lipinski definition) is 1. The van der Waals surface area contributed by atoms with Gasteiger partial charge in [-0.05, 0) is 67.7 Å². The number of carbonyl (C=O) groups excluding carboxylic acids is 2. The van der Waals surface area contributed by atoms with E-state index in [1.165, 1.54) is 15.7 Å². The molecule has 0 aliphatic carbocycles. The molecule has 168 valence electrons. The lowest BCUT2D eigenvalue weighted by molar-refractivity contribution is -0.123. The van der Waals surface area contributed by atoms with Crippen LogP contribution in [0.25, 0.3) is 16.8 Å². The third-order valence-corrected chi connectivity index (χ3v) is 6.24. The van der Waals surface area contributed by atoms with Crippen LogP contribution < -0.4 is 10.1 Å². The molecule has 34 heavy (non-hydrogen) atoms. The number of nitrogens with one attached hydrogen (secondary N) is 1. The summed E-state index contributed by atoms with van der Waals surface area (Å²) in [5, 5.41) is 5.04. The van der Waals surface area contributed by atoms with E-state index >= 15 is 0 Å². The van der Waals surface area contributed by atoms with Crippen molar-refractivity contribution in [2.45, 2.75) is 13.2 Å². The average molecular weight is 513 g/mol. The van der Waals surface area contributed by atoms with Crippen molar-refractivity contribution in [1.29, 1.82) is 0 Å². The predicted molar refractivity (Wildman–Crippen MR) is 136 cm³/mol. The molecule has 0 spiro atoms. The van der Waals surface area contributed by atoms with Crippen LogP contribution in [0.5, 0.6) is 5.75 Å². The van der Waals surface area contributed by atoms with Gasteiger partial charge in [-0.2, -0.15) is 0 Å². The van der Waals surface area contributed by atoms with Crippen molar-refractivity contribution < 1.29 is 14.3 Å². The second-order valence-corrected chi connectivity index (χ2v) is 8.88. The van der Waals surface area contributed by atoms with E-state index in [1.807, 2.05) is 60.7 Å². The molecule has 1 saturated heterocycles. The summed E-state index contributed by atoms with van der Waals surface area (Å²) in [6, 6.07) is 29.1. The summed E-state index contributed by atoms with van der Waals surface area (Å²) >= 11 is 3.56. The lowest BCUT2D eigenvalue weighted by Gasteiger charge is -2.11. The molecule has 1 aliphatic rings. The van der Waals surface area contributed by atoms with Crippen LogP contribution >= 0.6 is 15.9 Å². The summed E-state index contributed by atoms with van der Waals surface area (Å²) in [5.74, 6) is 0.351. The minimum Gasteiger partial charge on any atom is -0.488 e. The van der Waals surface area contributed by atoms with Crippen LogP contribution in [0.4, 0.5) is 4.79 Å². The number of nitrogens with zero attached hydrogens (tertiary/aromatic N) is 1. The zero-order valence-corrected chi connectivity index (χ0v) is 19.8. The van der Waals surface area contributed by atoms with Crippen LogP contribution in [0, 0.1) is 0 Å². The molecule has 0 unspecified atom stereocenters. The van der Waals surface area contributed by atoms with Gasteiger partial charge in [0.1, 0.15) is 18.1 Å². The molecular formula is C28H21BrN2O3. The Labute approximate surface area is 205 Å². The molecule has 0 radical (unpaired) electrons. The molecule has 1 fully saturated rings. The Morgan fingerprint density at radius 1 is 0.824 bits per heavy atom. The summed E-state index contributed by atoms with van der Waals surface area (Å²) < 4.78 is 6.77. The molecule has 1 N–H and O–H groups in total. The first-order valence-corrected chi connectivity index (χ1v) is 11.6. The second-order valence-electron chi connectivity index (χ2n) is 8.03. The van der Waals surface area contributed by atoms with E-state index in [-0.39, 0.29) is 18.1 Å². The maximum atomic E-state index is 12.8. The number of fused-ring (bicyclic) bond motifs is 1. The van der Waals surface area contributed by atoms with E-state index in [0.717, 1.165) is 21.2 Å². The Morgan fingerprint density at radius 3 is 2.38 bits per heavy atom. The fourth-order valence-electron chi connectivity index (χ4n) is 3.86. The molecule has 3 amide bonds. The highest BCUT2D eigenvalue weighted by atomic mass is 79.9. The van der Waals surface area contributed by atoms with Gasteiger partial charge in [0.15, 0.2) is 0 Å². The first-order chi connectivity index (χ1) is 16.6. The fourth-order valence-corrected chi connectivity index (χ4v) is 4.37. The molecule has 0 saturated carbocycles. The highest BCUT2D eigenvalue weighted by Crippen LogP contribution is 2.28. The largest absolute Gasteiger partial charge is 0.488 e. The minimum atomic E-state index is -0.422. The first-order valence-electron chi connectivity index (χ1n) is 10.9. The number of benzene rings is 4. The van der Waals surface area contributed by atoms with Crippen molar-refractivity contribution in [3.05, 3.63) is 118 Å². The summed E-state index contributed by atoms with van der Waals surface area (Å²) in [6.07, 6.45) is 1.67. The molecule has 0 aromatic heterocycles. The van der Waals surface area contributed by atoms with Crippen molar-refractivity contribution in [2.75, 3.05) is 0 Å². The normalized spacial score (nSPS) is 14.6. The minimum absolute atomic E-state index is 0.230. The van der Waals surface area contributed by atoms with Crippen molar-refractivity contribution in [2.24, 2.45) is 0 Å². The Balaban J connectivity index is 1.27. The molecule has 5 nitrogen and oxygen atoms in total. The number of amides is 3. The number of urea groups is 1. The van der Waals surface area contributed by atoms with Gasteiger partial charge < -0.3 is 10.1 Å². The summed E-state index contributed by atoms with van der Waals surface area (Å²) in [7, 11) is 0. The second kappa shape index (κ2) is 9.53. The van der Waals surface area contributed by atoms with Crippen LogP contribution in [-0.4, -0.2) is 16.8 Å². The lowest BCUT2D eigenvalue weighted by atomic mass is 10.1. The number of imide groups is 1. The molecule has 6 heteroatoms. The van der Waals surface area contributed by atoms with Gasteiger partial charge >= 0.3 is 6.03 Å². The van der Waals surface area contributed by atoms with Crippen molar-refractivity contribution >= 4 is 44.7 Å². The molecule has 1 heterocycles. The third-order valence-electron chi connectivity index (χ3n) is 5.62. The van der Waals surface area contributed by atoms with Gasteiger partial charge in [-0.25, -0.2) is 4.79 Å². The quantitative estimate of drug-likeness (QED) is 0.244. The number of halogens is 1. The molecule has 1 aliphatic heterocycles. The monoisotopic (exact) mass is 512 g/mol. The van der Waals surface area contributed by atoms with Crippen LogP contribution in [0.15, 0.2) is 101 Å². The van der Waals surface area contributed by atoms with Crippen molar-refractivity contribution in [3.63, 3.8) is 0 Å². The standard InChI is InChI=1S/C28H21BrN2O3/c29-24-15-20(16-25-27(32)31(28(33)30-25)17-19-6-2-1-3-7-19)11-13-26(24)34-18-21-10-12-22-8-4-5-9-23(22)14-21/h1-16H,17-18H2,(H,30,33)/b25-16+. The van der Waals surface area contributed by atoms with Gasteiger partial charge in [0, 0.05) is 0 Å². The van der Waals surface area contributed by atoms with E-state index in [4.69, 9.17) is 4.74 Å². The van der Waals surface area contributed by atoms with Crippen LogP contribution in [0.1, 0.15) is 16.7 Å². The van der Waals surface area contributed by atoms with Crippen molar-refractivity contribution in [3.8, 4) is 5.75 Å². The van der Waals surface area contributed by atoms with Crippen LogP contribution in [0.3, 0.4) is 0 Å². The number of rotatable bonds is 6. The smallest absolute Gasteiger partial charge is 0.329 e. The fraction of sp³-hybridized carbons (Fsp3) is 0.0714. The zero-order chi connectivity index (χ0) is 23.5. The number of hydrogen-bond acceptors (Lipinski definition) is 3. The van der Waals surface area contributed by atoms with Gasteiger partial charge in [-0.3, -0.25) is 9.69 Å². The molecule has 5 rings (SSSR count). The number of ether oxygens (including phenoxy) is 1. The predicted octanol–water partition coefficient (Wildman–Crippen LogP) is 6.27. The Hall–Kier alpha value is -3.90. The van der Waals surface area contributed by atoms with Crippen LogP contribution in [0.2, 0.25) is 0 Å². The highest BCUT2D eigenvalue weighted by molar-refractivity contribution is 9.10. The zero-order valence-electron chi connectivity index (χ0n) is 18.2. The Morgan fingerprint density at radius 2 is 1.59 bits per heavy atom. The molecular weight excluding hydrogens is 492 g/mol. The molecule has 0 bridgehead atoms. The van der Waals surface area contributed by atoms with Crippen LogP contribution in [-0.2, 0) is 17.9 Å². The SMILES string of the molecule is O=C1N/C(=C/c2ccc(OCc3ccc4ccccc4c3)c(Br)c2)C(=O)N1Cc1ccccc1. The van der Waals surface area contributed by atoms with E-state index in [1.54, 1.807) is 6.08 Å². The third kappa shape index (κ3) is 4.72. The molecule has 4 aromatic rings. The van der Waals surface area contributed by atoms with Gasteiger partial charge in [-0.1, -0.05) is 72.8 Å². The average Bonchev–Trinajstić information content (AvgIpc) is 3.11. The maximum Gasteiger partial charge on any atom is 0.329 e. The highest BCUT2D eigenvalue weighted by Gasteiger charge is 2.33. The van der Waals surface area contributed by atoms with E-state index in [2.05, 4.69) is 51.6 Å². The lowest BCUT2D eigenvalue weighted by Crippen LogP contribution is -2.30. The van der Waals surface area contributed by atoms with Gasteiger partial charge in [0.25, 0.3) is 5.91 Å². The number of carbonyl (C=O) groups is 2. The topological polar surface area (TPSA) is 58.6 Å². The van der Waals surface area contributed by atoms with Gasteiger partial charge in [0.2, 0.25) is 0 Å². The molecule has 4 aromatic carbocycles. The maximum absolute atomic E-state index is 12.8.